The number of hydrogen-bond acceptors (Lipinski definition) is 5. The molecule has 36 heavy (non-hydrogen) atoms. The summed E-state index contributed by atoms with van der Waals surface area (Å²) in [5.41, 5.74) is 4.68. The van der Waals surface area contributed by atoms with E-state index in [2.05, 4.69) is 11.4 Å². The van der Waals surface area contributed by atoms with E-state index in [4.69, 9.17) is 9.40 Å². The van der Waals surface area contributed by atoms with Crippen LogP contribution in [0.2, 0.25) is 0 Å². The molecule has 2 heterocycles. The van der Waals surface area contributed by atoms with E-state index >= 15 is 0 Å². The molecule has 0 unspecified atom stereocenters. The summed E-state index contributed by atoms with van der Waals surface area (Å²) < 4.78 is 6.61. The van der Waals surface area contributed by atoms with Crippen LogP contribution in [-0.2, 0) is 6.54 Å². The standard InChI is InChI=1S/C30H20N2O3S/c33-28(23-8-5-7-21(16-23)24-17-22-6-1-3-10-26(22)35-30(24)34)31-18-19-12-14-20(15-13-19)29-32-25-9-2-4-11-27(25)36-29/h1-17H,18H2,(H,31,33). The highest BCUT2D eigenvalue weighted by Crippen LogP contribution is 2.30. The van der Waals surface area contributed by atoms with Crippen molar-refractivity contribution in [1.29, 1.82) is 0 Å². The third kappa shape index (κ3) is 4.30. The minimum absolute atomic E-state index is 0.211. The summed E-state index contributed by atoms with van der Waals surface area (Å²) in [5.74, 6) is -0.211. The fraction of sp³-hybridized carbons (Fsp3) is 0.0333. The van der Waals surface area contributed by atoms with Crippen LogP contribution in [0.15, 0.2) is 112 Å². The fourth-order valence-corrected chi connectivity index (χ4v) is 5.11. The first-order valence-electron chi connectivity index (χ1n) is 11.5. The van der Waals surface area contributed by atoms with Gasteiger partial charge in [-0.05, 0) is 47.5 Å². The lowest BCUT2D eigenvalue weighted by Gasteiger charge is -2.08. The largest absolute Gasteiger partial charge is 0.422 e. The first-order chi connectivity index (χ1) is 17.6. The fourth-order valence-electron chi connectivity index (χ4n) is 4.14. The van der Waals surface area contributed by atoms with Gasteiger partial charge in [0.05, 0.1) is 15.8 Å². The molecular formula is C30H20N2O3S. The first-order valence-corrected chi connectivity index (χ1v) is 12.3. The molecule has 6 aromatic rings. The van der Waals surface area contributed by atoms with E-state index < -0.39 is 5.63 Å². The number of hydrogen-bond donors (Lipinski definition) is 1. The van der Waals surface area contributed by atoms with Crippen molar-refractivity contribution in [2.75, 3.05) is 0 Å². The molecule has 0 bridgehead atoms. The quantitative estimate of drug-likeness (QED) is 0.275. The number of fused-ring (bicyclic) bond motifs is 2. The molecule has 2 aromatic heterocycles. The molecule has 1 amide bonds. The van der Waals surface area contributed by atoms with Crippen molar-refractivity contribution >= 4 is 38.4 Å². The summed E-state index contributed by atoms with van der Waals surface area (Å²) in [7, 11) is 0. The molecule has 1 N–H and O–H groups in total. The van der Waals surface area contributed by atoms with Crippen molar-refractivity contribution in [3.8, 4) is 21.7 Å². The minimum atomic E-state index is -0.431. The molecular weight excluding hydrogens is 468 g/mol. The van der Waals surface area contributed by atoms with E-state index in [9.17, 15) is 9.59 Å². The lowest BCUT2D eigenvalue weighted by molar-refractivity contribution is 0.0951. The van der Waals surface area contributed by atoms with Crippen molar-refractivity contribution < 1.29 is 9.21 Å². The first kappa shape index (κ1) is 21.9. The van der Waals surface area contributed by atoms with Gasteiger partial charge in [0.2, 0.25) is 0 Å². The van der Waals surface area contributed by atoms with Crippen LogP contribution < -0.4 is 10.9 Å². The van der Waals surface area contributed by atoms with Crippen LogP contribution in [-0.4, -0.2) is 10.9 Å². The average Bonchev–Trinajstić information content (AvgIpc) is 3.36. The number of nitrogens with one attached hydrogen (secondary N) is 1. The number of amides is 1. The minimum Gasteiger partial charge on any atom is -0.422 e. The van der Waals surface area contributed by atoms with Crippen molar-refractivity contribution in [2.45, 2.75) is 6.54 Å². The van der Waals surface area contributed by atoms with Gasteiger partial charge in [0, 0.05) is 23.1 Å². The smallest absolute Gasteiger partial charge is 0.344 e. The molecule has 6 rings (SSSR count). The SMILES string of the molecule is O=C(NCc1ccc(-c2nc3ccccc3s2)cc1)c1cccc(-c2cc3ccccc3oc2=O)c1. The van der Waals surface area contributed by atoms with Gasteiger partial charge in [-0.25, -0.2) is 9.78 Å². The molecule has 0 saturated carbocycles. The van der Waals surface area contributed by atoms with Gasteiger partial charge >= 0.3 is 5.63 Å². The van der Waals surface area contributed by atoms with E-state index in [1.54, 1.807) is 47.7 Å². The van der Waals surface area contributed by atoms with E-state index in [1.165, 1.54) is 0 Å². The second-order valence-electron chi connectivity index (χ2n) is 8.43. The van der Waals surface area contributed by atoms with Gasteiger partial charge < -0.3 is 9.73 Å². The Morgan fingerprint density at radius 3 is 2.50 bits per heavy atom. The van der Waals surface area contributed by atoms with Crippen molar-refractivity contribution in [3.63, 3.8) is 0 Å². The van der Waals surface area contributed by atoms with Gasteiger partial charge in [-0.2, -0.15) is 0 Å². The summed E-state index contributed by atoms with van der Waals surface area (Å²) in [6.07, 6.45) is 0. The number of benzene rings is 4. The van der Waals surface area contributed by atoms with Gasteiger partial charge in [-0.1, -0.05) is 66.7 Å². The van der Waals surface area contributed by atoms with Crippen molar-refractivity contribution in [2.24, 2.45) is 0 Å². The summed E-state index contributed by atoms with van der Waals surface area (Å²) in [6, 6.07) is 32.3. The van der Waals surface area contributed by atoms with E-state index in [0.717, 1.165) is 31.7 Å². The maximum atomic E-state index is 12.9. The van der Waals surface area contributed by atoms with Gasteiger partial charge in [-0.15, -0.1) is 11.3 Å². The third-order valence-corrected chi connectivity index (χ3v) is 7.11. The maximum absolute atomic E-state index is 12.9. The molecule has 0 radical (unpaired) electrons. The third-order valence-electron chi connectivity index (χ3n) is 6.03. The number of aromatic nitrogens is 1. The van der Waals surface area contributed by atoms with Crippen molar-refractivity contribution in [3.05, 3.63) is 125 Å². The number of nitrogens with zero attached hydrogens (tertiary/aromatic N) is 1. The Kier molecular flexibility index (Phi) is 5.64. The zero-order chi connectivity index (χ0) is 24.5. The zero-order valence-electron chi connectivity index (χ0n) is 19.1. The van der Waals surface area contributed by atoms with Crippen LogP contribution in [0.5, 0.6) is 0 Å². The molecule has 0 aliphatic rings. The van der Waals surface area contributed by atoms with Gasteiger partial charge in [0.1, 0.15) is 10.6 Å². The molecule has 5 nitrogen and oxygen atoms in total. The van der Waals surface area contributed by atoms with Crippen LogP contribution in [0, 0.1) is 0 Å². The Balaban J connectivity index is 1.17. The Morgan fingerprint density at radius 2 is 1.64 bits per heavy atom. The lowest BCUT2D eigenvalue weighted by atomic mass is 10.0. The number of rotatable bonds is 5. The second kappa shape index (κ2) is 9.24. The summed E-state index contributed by atoms with van der Waals surface area (Å²) in [5, 5.41) is 4.77. The monoisotopic (exact) mass is 488 g/mol. The number of carbonyl (C=O) groups is 1. The molecule has 0 aliphatic carbocycles. The molecule has 4 aromatic carbocycles. The Bertz CT molecular complexity index is 1750. The number of carbonyl (C=O) groups excluding carboxylic acids is 1. The van der Waals surface area contributed by atoms with E-state index in [1.807, 2.05) is 60.7 Å². The van der Waals surface area contributed by atoms with Crippen LogP contribution in [0.25, 0.3) is 42.9 Å². The van der Waals surface area contributed by atoms with Crippen LogP contribution >= 0.6 is 11.3 Å². The molecule has 0 fully saturated rings. The van der Waals surface area contributed by atoms with Gasteiger partial charge in [0.15, 0.2) is 0 Å². The predicted molar refractivity (Wildman–Crippen MR) is 144 cm³/mol. The van der Waals surface area contributed by atoms with Gasteiger partial charge in [-0.3, -0.25) is 4.79 Å². The van der Waals surface area contributed by atoms with Crippen LogP contribution in [0.3, 0.4) is 0 Å². The predicted octanol–water partition coefficient (Wildman–Crippen LogP) is 6.67. The Morgan fingerprint density at radius 1 is 0.833 bits per heavy atom. The van der Waals surface area contributed by atoms with E-state index in [-0.39, 0.29) is 5.91 Å². The Hall–Kier alpha value is -4.55. The average molecular weight is 489 g/mol. The van der Waals surface area contributed by atoms with E-state index in [0.29, 0.717) is 28.8 Å². The number of thiazole rings is 1. The molecule has 0 atom stereocenters. The topological polar surface area (TPSA) is 72.2 Å². The normalized spacial score (nSPS) is 11.1. The lowest BCUT2D eigenvalue weighted by Crippen LogP contribution is -2.22. The van der Waals surface area contributed by atoms with Crippen LogP contribution in [0.4, 0.5) is 0 Å². The zero-order valence-corrected chi connectivity index (χ0v) is 19.9. The highest BCUT2D eigenvalue weighted by atomic mass is 32.1. The summed E-state index contributed by atoms with van der Waals surface area (Å²) in [4.78, 5) is 30.1. The van der Waals surface area contributed by atoms with Gasteiger partial charge in [0.25, 0.3) is 5.91 Å². The summed E-state index contributed by atoms with van der Waals surface area (Å²) >= 11 is 1.66. The van der Waals surface area contributed by atoms with Crippen LogP contribution in [0.1, 0.15) is 15.9 Å². The molecule has 0 aliphatic heterocycles. The molecule has 174 valence electrons. The Labute approximate surface area is 210 Å². The molecule has 0 spiro atoms. The highest BCUT2D eigenvalue weighted by molar-refractivity contribution is 7.21. The second-order valence-corrected chi connectivity index (χ2v) is 9.46. The molecule has 6 heteroatoms. The summed E-state index contributed by atoms with van der Waals surface area (Å²) in [6.45, 7) is 0.390. The maximum Gasteiger partial charge on any atom is 0.344 e. The van der Waals surface area contributed by atoms with Crippen molar-refractivity contribution in [1.82, 2.24) is 10.3 Å². The highest BCUT2D eigenvalue weighted by Gasteiger charge is 2.12. The molecule has 0 saturated heterocycles. The number of para-hydroxylation sites is 2.